The Labute approximate surface area is 132 Å². The van der Waals surface area contributed by atoms with Gasteiger partial charge in [-0.1, -0.05) is 30.3 Å². The molecule has 1 heterocycles. The molecule has 0 aliphatic carbocycles. The van der Waals surface area contributed by atoms with Crippen LogP contribution in [0, 0.1) is 5.92 Å². The molecule has 1 aliphatic rings. The molecule has 22 heavy (non-hydrogen) atoms. The summed E-state index contributed by atoms with van der Waals surface area (Å²) in [4.78, 5) is 12.0. The summed E-state index contributed by atoms with van der Waals surface area (Å²) in [7, 11) is 1.89. The third kappa shape index (κ3) is 6.03. The number of hydrogen-bond acceptors (Lipinski definition) is 4. The van der Waals surface area contributed by atoms with E-state index in [0.29, 0.717) is 12.5 Å². The van der Waals surface area contributed by atoms with Crippen molar-refractivity contribution < 1.29 is 14.3 Å². The van der Waals surface area contributed by atoms with E-state index in [9.17, 15) is 4.79 Å². The molecule has 5 heteroatoms. The molecule has 2 unspecified atom stereocenters. The minimum atomic E-state index is -0.360. The zero-order chi connectivity index (χ0) is 15.6. The van der Waals surface area contributed by atoms with E-state index in [0.717, 1.165) is 38.2 Å². The van der Waals surface area contributed by atoms with Gasteiger partial charge in [0.15, 0.2) is 0 Å². The molecule has 0 radical (unpaired) electrons. The van der Waals surface area contributed by atoms with Crippen molar-refractivity contribution in [3.8, 4) is 0 Å². The maximum absolute atomic E-state index is 12.0. The summed E-state index contributed by atoms with van der Waals surface area (Å²) >= 11 is 0. The lowest BCUT2D eigenvalue weighted by molar-refractivity contribution is 0.0470. The molecule has 0 aromatic heterocycles. The van der Waals surface area contributed by atoms with Crippen LogP contribution in [0.3, 0.4) is 0 Å². The Morgan fingerprint density at radius 3 is 2.91 bits per heavy atom. The maximum Gasteiger partial charge on any atom is 0.407 e. The second-order valence-corrected chi connectivity index (χ2v) is 5.78. The minimum absolute atomic E-state index is 0.0694. The van der Waals surface area contributed by atoms with Gasteiger partial charge in [-0.05, 0) is 37.8 Å². The van der Waals surface area contributed by atoms with Crippen molar-refractivity contribution in [2.75, 3.05) is 26.8 Å². The number of rotatable bonds is 7. The molecule has 1 aromatic rings. The van der Waals surface area contributed by atoms with Gasteiger partial charge in [0.1, 0.15) is 6.61 Å². The third-order valence-electron chi connectivity index (χ3n) is 3.86. The van der Waals surface area contributed by atoms with Crippen molar-refractivity contribution in [2.24, 2.45) is 5.92 Å². The third-order valence-corrected chi connectivity index (χ3v) is 3.86. The van der Waals surface area contributed by atoms with Gasteiger partial charge in [0.2, 0.25) is 0 Å². The molecule has 1 aromatic carbocycles. The van der Waals surface area contributed by atoms with E-state index < -0.39 is 0 Å². The first-order valence-corrected chi connectivity index (χ1v) is 7.97. The average molecular weight is 306 g/mol. The predicted octanol–water partition coefficient (Wildman–Crippen LogP) is 2.32. The van der Waals surface area contributed by atoms with E-state index in [4.69, 9.17) is 9.47 Å². The highest BCUT2D eigenvalue weighted by molar-refractivity contribution is 5.67. The van der Waals surface area contributed by atoms with Crippen LogP contribution in [-0.4, -0.2) is 38.9 Å². The lowest BCUT2D eigenvalue weighted by Crippen LogP contribution is -2.43. The highest BCUT2D eigenvalue weighted by Gasteiger charge is 2.20. The first-order chi connectivity index (χ1) is 10.8. The summed E-state index contributed by atoms with van der Waals surface area (Å²) in [6, 6.07) is 9.77. The molecule has 1 saturated heterocycles. The Balaban J connectivity index is 1.75. The van der Waals surface area contributed by atoms with E-state index in [1.807, 2.05) is 37.4 Å². The maximum atomic E-state index is 12.0. The monoisotopic (exact) mass is 306 g/mol. The van der Waals surface area contributed by atoms with Crippen LogP contribution in [0.25, 0.3) is 0 Å². The lowest BCUT2D eigenvalue weighted by atomic mass is 9.94. The predicted molar refractivity (Wildman–Crippen MR) is 85.6 cm³/mol. The number of hydrogen-bond donors (Lipinski definition) is 2. The van der Waals surface area contributed by atoms with Crippen molar-refractivity contribution in [1.82, 2.24) is 10.6 Å². The van der Waals surface area contributed by atoms with Gasteiger partial charge in [0.25, 0.3) is 0 Å². The van der Waals surface area contributed by atoms with Crippen LogP contribution in [0.5, 0.6) is 0 Å². The molecule has 1 aliphatic heterocycles. The molecule has 122 valence electrons. The van der Waals surface area contributed by atoms with Gasteiger partial charge >= 0.3 is 6.09 Å². The normalized spacial score (nSPS) is 19.4. The Hall–Kier alpha value is -1.59. The van der Waals surface area contributed by atoms with E-state index in [2.05, 4.69) is 10.6 Å². The number of ether oxygens (including phenoxy) is 2. The molecule has 2 atom stereocenters. The molecule has 0 saturated carbocycles. The SMILES string of the molecule is CNCC(CC1CCCOC1)NC(=O)OCc1ccccc1. The molecular weight excluding hydrogens is 280 g/mol. The second kappa shape index (κ2) is 9.43. The Kier molecular flexibility index (Phi) is 7.19. The van der Waals surface area contributed by atoms with Gasteiger partial charge in [0.05, 0.1) is 0 Å². The molecule has 0 bridgehead atoms. The molecule has 1 amide bonds. The average Bonchev–Trinajstić information content (AvgIpc) is 2.55. The number of alkyl carbamates (subject to hydrolysis) is 1. The van der Waals surface area contributed by atoms with Crippen LogP contribution in [0.15, 0.2) is 30.3 Å². The van der Waals surface area contributed by atoms with Crippen LogP contribution in [0.1, 0.15) is 24.8 Å². The van der Waals surface area contributed by atoms with Crippen LogP contribution in [0.2, 0.25) is 0 Å². The fourth-order valence-corrected chi connectivity index (χ4v) is 2.77. The van der Waals surface area contributed by atoms with Crippen LogP contribution in [0.4, 0.5) is 4.79 Å². The van der Waals surface area contributed by atoms with Crippen molar-refractivity contribution in [1.29, 1.82) is 0 Å². The molecule has 5 nitrogen and oxygen atoms in total. The second-order valence-electron chi connectivity index (χ2n) is 5.78. The zero-order valence-electron chi connectivity index (χ0n) is 13.2. The summed E-state index contributed by atoms with van der Waals surface area (Å²) < 4.78 is 10.8. The highest BCUT2D eigenvalue weighted by atomic mass is 16.5. The van der Waals surface area contributed by atoms with Gasteiger partial charge in [0, 0.05) is 25.8 Å². The first-order valence-electron chi connectivity index (χ1n) is 7.97. The number of carbonyl (C=O) groups is 1. The highest BCUT2D eigenvalue weighted by Crippen LogP contribution is 2.18. The largest absolute Gasteiger partial charge is 0.445 e. The smallest absolute Gasteiger partial charge is 0.407 e. The Morgan fingerprint density at radius 2 is 2.23 bits per heavy atom. The fourth-order valence-electron chi connectivity index (χ4n) is 2.77. The summed E-state index contributed by atoms with van der Waals surface area (Å²) in [5, 5.41) is 6.08. The van der Waals surface area contributed by atoms with E-state index >= 15 is 0 Å². The van der Waals surface area contributed by atoms with E-state index in [1.54, 1.807) is 0 Å². The number of benzene rings is 1. The van der Waals surface area contributed by atoms with Crippen molar-refractivity contribution in [2.45, 2.75) is 31.9 Å². The van der Waals surface area contributed by atoms with E-state index in [-0.39, 0.29) is 12.1 Å². The van der Waals surface area contributed by atoms with Crippen LogP contribution >= 0.6 is 0 Å². The topological polar surface area (TPSA) is 59.6 Å². The lowest BCUT2D eigenvalue weighted by Gasteiger charge is -2.27. The number of likely N-dealkylation sites (N-methyl/N-ethyl adjacent to an activating group) is 1. The molecule has 2 rings (SSSR count). The standard InChI is InChI=1S/C17H26N2O3/c1-18-11-16(10-15-8-5-9-21-12-15)19-17(20)22-13-14-6-3-2-4-7-14/h2-4,6-7,15-16,18H,5,8-13H2,1H3,(H,19,20). The van der Waals surface area contributed by atoms with Crippen molar-refractivity contribution in [3.63, 3.8) is 0 Å². The van der Waals surface area contributed by atoms with Crippen LogP contribution in [-0.2, 0) is 16.1 Å². The summed E-state index contributed by atoms with van der Waals surface area (Å²) in [5.41, 5.74) is 0.989. The van der Waals surface area contributed by atoms with Gasteiger partial charge < -0.3 is 20.1 Å². The Bertz CT molecular complexity index is 433. The van der Waals surface area contributed by atoms with E-state index in [1.165, 1.54) is 6.42 Å². The molecule has 2 N–H and O–H groups in total. The first kappa shape index (κ1) is 16.8. The van der Waals surface area contributed by atoms with Gasteiger partial charge in [-0.2, -0.15) is 0 Å². The van der Waals surface area contributed by atoms with Crippen LogP contribution < -0.4 is 10.6 Å². The zero-order valence-corrected chi connectivity index (χ0v) is 13.2. The summed E-state index contributed by atoms with van der Waals surface area (Å²) in [6.07, 6.45) is 2.83. The molecular formula is C17H26N2O3. The minimum Gasteiger partial charge on any atom is -0.445 e. The fraction of sp³-hybridized carbons (Fsp3) is 0.588. The van der Waals surface area contributed by atoms with Crippen molar-refractivity contribution >= 4 is 6.09 Å². The molecule has 0 spiro atoms. The van der Waals surface area contributed by atoms with Gasteiger partial charge in [-0.25, -0.2) is 4.79 Å². The Morgan fingerprint density at radius 1 is 1.41 bits per heavy atom. The number of carbonyl (C=O) groups excluding carboxylic acids is 1. The van der Waals surface area contributed by atoms with Gasteiger partial charge in [-0.15, -0.1) is 0 Å². The quantitative estimate of drug-likeness (QED) is 0.811. The summed E-state index contributed by atoms with van der Waals surface area (Å²) in [6.45, 7) is 2.68. The number of amides is 1. The summed E-state index contributed by atoms with van der Waals surface area (Å²) in [5.74, 6) is 0.515. The van der Waals surface area contributed by atoms with Crippen molar-refractivity contribution in [3.05, 3.63) is 35.9 Å². The van der Waals surface area contributed by atoms with Gasteiger partial charge in [-0.3, -0.25) is 0 Å². The number of nitrogens with one attached hydrogen (secondary N) is 2. The molecule has 1 fully saturated rings.